The van der Waals surface area contributed by atoms with Gasteiger partial charge in [0.1, 0.15) is 0 Å². The van der Waals surface area contributed by atoms with E-state index in [4.69, 9.17) is 11.6 Å². The average molecular weight is 350 g/mol. The van der Waals surface area contributed by atoms with Crippen molar-refractivity contribution in [3.8, 4) is 0 Å². The largest absolute Gasteiger partial charge is 0.294 e. The molecule has 2 aromatic carbocycles. The fourth-order valence-electron chi connectivity index (χ4n) is 2.03. The third-order valence-corrected chi connectivity index (χ3v) is 3.80. The van der Waals surface area contributed by atoms with Crippen LogP contribution in [0.2, 0.25) is 5.02 Å². The van der Waals surface area contributed by atoms with E-state index in [9.17, 15) is 4.79 Å². The topological polar surface area (TPSA) is 34.9 Å². The van der Waals surface area contributed by atoms with Gasteiger partial charge in [-0.25, -0.2) is 4.98 Å². The van der Waals surface area contributed by atoms with E-state index in [2.05, 4.69) is 20.9 Å². The SMILES string of the molecule is O=c1c2cc(Br)ccc2ncn1Cc1ccc(Cl)cc1. The molecule has 0 N–H and O–H groups in total. The van der Waals surface area contributed by atoms with Crippen molar-refractivity contribution in [2.45, 2.75) is 6.54 Å². The second-order valence-electron chi connectivity index (χ2n) is 4.47. The maximum atomic E-state index is 12.4. The lowest BCUT2D eigenvalue weighted by atomic mass is 10.2. The van der Waals surface area contributed by atoms with E-state index in [1.165, 1.54) is 0 Å². The van der Waals surface area contributed by atoms with E-state index in [1.54, 1.807) is 17.0 Å². The van der Waals surface area contributed by atoms with Crippen LogP contribution in [0.15, 0.2) is 58.1 Å². The molecule has 3 rings (SSSR count). The minimum Gasteiger partial charge on any atom is -0.294 e. The molecule has 1 heterocycles. The highest BCUT2D eigenvalue weighted by atomic mass is 79.9. The molecule has 5 heteroatoms. The second kappa shape index (κ2) is 5.38. The van der Waals surface area contributed by atoms with Gasteiger partial charge in [-0.15, -0.1) is 0 Å². The minimum absolute atomic E-state index is 0.0498. The predicted molar refractivity (Wildman–Crippen MR) is 84.3 cm³/mol. The highest BCUT2D eigenvalue weighted by Gasteiger charge is 2.05. The number of rotatable bonds is 2. The first-order valence-electron chi connectivity index (χ1n) is 6.02. The Morgan fingerprint density at radius 3 is 2.65 bits per heavy atom. The summed E-state index contributed by atoms with van der Waals surface area (Å²) in [6.45, 7) is 0.478. The molecular formula is C15H10BrClN2O. The maximum absolute atomic E-state index is 12.4. The summed E-state index contributed by atoms with van der Waals surface area (Å²) in [7, 11) is 0. The molecule has 0 fully saturated rings. The van der Waals surface area contributed by atoms with Gasteiger partial charge >= 0.3 is 0 Å². The van der Waals surface area contributed by atoms with Gasteiger partial charge < -0.3 is 0 Å². The van der Waals surface area contributed by atoms with Crippen molar-refractivity contribution in [3.63, 3.8) is 0 Å². The molecule has 0 atom stereocenters. The van der Waals surface area contributed by atoms with Crippen LogP contribution in [0.3, 0.4) is 0 Å². The quantitative estimate of drug-likeness (QED) is 0.704. The lowest BCUT2D eigenvalue weighted by molar-refractivity contribution is 0.748. The molecule has 0 bridgehead atoms. The number of halogens is 2. The lowest BCUT2D eigenvalue weighted by Gasteiger charge is -2.07. The highest BCUT2D eigenvalue weighted by Crippen LogP contribution is 2.15. The summed E-state index contributed by atoms with van der Waals surface area (Å²) in [6, 6.07) is 12.9. The molecule has 3 aromatic rings. The summed E-state index contributed by atoms with van der Waals surface area (Å²) < 4.78 is 2.46. The summed E-state index contributed by atoms with van der Waals surface area (Å²) in [5, 5.41) is 1.29. The average Bonchev–Trinajstić information content (AvgIpc) is 2.45. The van der Waals surface area contributed by atoms with E-state index in [-0.39, 0.29) is 5.56 Å². The Labute approximate surface area is 129 Å². The standard InChI is InChI=1S/C15H10BrClN2O/c16-11-3-6-14-13(7-11)15(20)19(9-18-14)8-10-1-4-12(17)5-2-10/h1-7,9H,8H2. The van der Waals surface area contributed by atoms with Gasteiger partial charge in [-0.3, -0.25) is 9.36 Å². The zero-order chi connectivity index (χ0) is 14.1. The van der Waals surface area contributed by atoms with Crippen molar-refractivity contribution >= 4 is 38.4 Å². The summed E-state index contributed by atoms with van der Waals surface area (Å²) in [5.74, 6) is 0. The molecule has 0 spiro atoms. The van der Waals surface area contributed by atoms with Crippen LogP contribution >= 0.6 is 27.5 Å². The Morgan fingerprint density at radius 1 is 1.15 bits per heavy atom. The number of nitrogens with zero attached hydrogens (tertiary/aromatic N) is 2. The first-order chi connectivity index (χ1) is 9.63. The Hall–Kier alpha value is -1.65. The van der Waals surface area contributed by atoms with Crippen molar-refractivity contribution in [1.29, 1.82) is 0 Å². The second-order valence-corrected chi connectivity index (χ2v) is 5.82. The first kappa shape index (κ1) is 13.3. The summed E-state index contributed by atoms with van der Waals surface area (Å²) in [4.78, 5) is 16.7. The van der Waals surface area contributed by atoms with Gasteiger partial charge in [-0.2, -0.15) is 0 Å². The van der Waals surface area contributed by atoms with Crippen molar-refractivity contribution in [1.82, 2.24) is 9.55 Å². The van der Waals surface area contributed by atoms with Gasteiger partial charge in [0.15, 0.2) is 0 Å². The van der Waals surface area contributed by atoms with Crippen LogP contribution in [-0.4, -0.2) is 9.55 Å². The number of benzene rings is 2. The van der Waals surface area contributed by atoms with Gasteiger partial charge in [0.25, 0.3) is 5.56 Å². The summed E-state index contributed by atoms with van der Waals surface area (Å²) in [6.07, 6.45) is 1.58. The molecule has 0 unspecified atom stereocenters. The molecule has 0 amide bonds. The fraction of sp³-hybridized carbons (Fsp3) is 0.0667. The number of fused-ring (bicyclic) bond motifs is 1. The van der Waals surface area contributed by atoms with Crippen LogP contribution in [0, 0.1) is 0 Å². The van der Waals surface area contributed by atoms with Crippen LogP contribution in [0.5, 0.6) is 0 Å². The minimum atomic E-state index is -0.0498. The van der Waals surface area contributed by atoms with Crippen molar-refractivity contribution in [3.05, 3.63) is 74.2 Å². The summed E-state index contributed by atoms with van der Waals surface area (Å²) in [5.41, 5.74) is 1.66. The molecular weight excluding hydrogens is 340 g/mol. The monoisotopic (exact) mass is 348 g/mol. The number of hydrogen-bond donors (Lipinski definition) is 0. The van der Waals surface area contributed by atoms with Crippen LogP contribution in [-0.2, 0) is 6.54 Å². The Balaban J connectivity index is 2.06. The molecule has 0 aliphatic rings. The third-order valence-electron chi connectivity index (χ3n) is 3.05. The molecule has 20 heavy (non-hydrogen) atoms. The summed E-state index contributed by atoms with van der Waals surface area (Å²) >= 11 is 9.23. The van der Waals surface area contributed by atoms with Crippen LogP contribution in [0.1, 0.15) is 5.56 Å². The highest BCUT2D eigenvalue weighted by molar-refractivity contribution is 9.10. The molecule has 0 radical (unpaired) electrons. The van der Waals surface area contributed by atoms with Crippen molar-refractivity contribution in [2.24, 2.45) is 0 Å². The molecule has 0 saturated heterocycles. The van der Waals surface area contributed by atoms with E-state index in [0.717, 1.165) is 10.0 Å². The molecule has 0 aliphatic carbocycles. The van der Waals surface area contributed by atoms with Crippen LogP contribution < -0.4 is 5.56 Å². The van der Waals surface area contributed by atoms with E-state index in [0.29, 0.717) is 22.5 Å². The van der Waals surface area contributed by atoms with E-state index in [1.807, 2.05) is 36.4 Å². The number of aromatic nitrogens is 2. The first-order valence-corrected chi connectivity index (χ1v) is 7.20. The van der Waals surface area contributed by atoms with Crippen molar-refractivity contribution in [2.75, 3.05) is 0 Å². The molecule has 0 saturated carbocycles. The van der Waals surface area contributed by atoms with E-state index < -0.39 is 0 Å². The molecule has 0 aliphatic heterocycles. The van der Waals surface area contributed by atoms with Gasteiger partial charge in [0, 0.05) is 9.50 Å². The molecule has 100 valence electrons. The van der Waals surface area contributed by atoms with Crippen LogP contribution in [0.25, 0.3) is 10.9 Å². The van der Waals surface area contributed by atoms with Gasteiger partial charge in [0.2, 0.25) is 0 Å². The van der Waals surface area contributed by atoms with Gasteiger partial charge in [-0.1, -0.05) is 39.7 Å². The zero-order valence-corrected chi connectivity index (χ0v) is 12.7. The Morgan fingerprint density at radius 2 is 1.90 bits per heavy atom. The smallest absolute Gasteiger partial charge is 0.261 e. The predicted octanol–water partition coefficient (Wildman–Crippen LogP) is 3.86. The maximum Gasteiger partial charge on any atom is 0.261 e. The normalized spacial score (nSPS) is 10.9. The zero-order valence-electron chi connectivity index (χ0n) is 10.4. The van der Waals surface area contributed by atoms with Gasteiger partial charge in [0.05, 0.1) is 23.8 Å². The Kier molecular flexibility index (Phi) is 3.59. The molecule has 3 nitrogen and oxygen atoms in total. The lowest BCUT2D eigenvalue weighted by Crippen LogP contribution is -2.21. The number of hydrogen-bond acceptors (Lipinski definition) is 2. The Bertz CT molecular complexity index is 827. The van der Waals surface area contributed by atoms with Crippen molar-refractivity contribution < 1.29 is 0 Å². The third kappa shape index (κ3) is 2.62. The fourth-order valence-corrected chi connectivity index (χ4v) is 2.52. The van der Waals surface area contributed by atoms with Gasteiger partial charge in [-0.05, 0) is 35.9 Å². The van der Waals surface area contributed by atoms with Crippen LogP contribution in [0.4, 0.5) is 0 Å². The molecule has 1 aromatic heterocycles. The van der Waals surface area contributed by atoms with E-state index >= 15 is 0 Å².